The number of hydrogen-bond donors (Lipinski definition) is 2. The van der Waals surface area contributed by atoms with Gasteiger partial charge in [-0.15, -0.1) is 0 Å². The van der Waals surface area contributed by atoms with E-state index in [-0.39, 0.29) is 12.1 Å². The average Bonchev–Trinajstić information content (AvgIpc) is 2.32. The molecule has 0 unspecified atom stereocenters. The third kappa shape index (κ3) is 3.48. The molecule has 1 heterocycles. The van der Waals surface area contributed by atoms with Gasteiger partial charge >= 0.3 is 0 Å². The minimum absolute atomic E-state index is 0.257. The number of hydrogen-bond acceptors (Lipinski definition) is 5. The van der Waals surface area contributed by atoms with Crippen LogP contribution >= 0.6 is 0 Å². The summed E-state index contributed by atoms with van der Waals surface area (Å²) in [5.41, 5.74) is 5.67. The van der Waals surface area contributed by atoms with Gasteiger partial charge in [0, 0.05) is 12.6 Å². The molecule has 1 aliphatic rings. The maximum absolute atomic E-state index is 5.90. The first kappa shape index (κ1) is 12.9. The van der Waals surface area contributed by atoms with E-state index in [9.17, 15) is 0 Å². The van der Waals surface area contributed by atoms with Crippen LogP contribution in [0.15, 0.2) is 6.07 Å². The van der Waals surface area contributed by atoms with E-state index in [0.717, 1.165) is 31.1 Å². The Hall–Kier alpha value is -1.52. The lowest BCUT2D eigenvalue weighted by Gasteiger charge is -2.26. The highest BCUT2D eigenvalue weighted by Crippen LogP contribution is 2.27. The Bertz CT molecular complexity index is 389. The van der Waals surface area contributed by atoms with E-state index >= 15 is 0 Å². The third-order valence-corrected chi connectivity index (χ3v) is 3.33. The molecule has 2 rings (SSSR count). The van der Waals surface area contributed by atoms with Crippen molar-refractivity contribution in [2.24, 2.45) is 5.92 Å². The first-order chi connectivity index (χ1) is 8.67. The van der Waals surface area contributed by atoms with Gasteiger partial charge in [0.05, 0.1) is 0 Å². The molecule has 0 spiro atoms. The number of nitrogens with zero attached hydrogens (tertiary/aromatic N) is 2. The van der Waals surface area contributed by atoms with E-state index < -0.39 is 0 Å². The normalized spacial score (nSPS) is 23.7. The van der Waals surface area contributed by atoms with Crippen molar-refractivity contribution in [3.05, 3.63) is 6.07 Å². The van der Waals surface area contributed by atoms with Crippen LogP contribution in [-0.2, 0) is 0 Å². The maximum Gasteiger partial charge on any atom is 0.225 e. The number of rotatable bonds is 4. The molecule has 0 aromatic carbocycles. The lowest BCUT2D eigenvalue weighted by Crippen LogP contribution is -2.23. The molecule has 0 saturated heterocycles. The first-order valence-corrected chi connectivity index (χ1v) is 6.72. The number of ether oxygens (including phenoxy) is 1. The summed E-state index contributed by atoms with van der Waals surface area (Å²) >= 11 is 0. The number of aromatic nitrogens is 2. The Balaban J connectivity index is 2.00. The monoisotopic (exact) mass is 250 g/mol. The highest BCUT2D eigenvalue weighted by Gasteiger charge is 2.20. The van der Waals surface area contributed by atoms with Crippen LogP contribution in [0, 0.1) is 5.92 Å². The molecule has 1 fully saturated rings. The molecule has 5 heteroatoms. The Morgan fingerprint density at radius 1 is 1.33 bits per heavy atom. The average molecular weight is 250 g/mol. The van der Waals surface area contributed by atoms with Crippen LogP contribution in [-0.4, -0.2) is 22.6 Å². The number of nitrogens with one attached hydrogen (secondary N) is 1. The summed E-state index contributed by atoms with van der Waals surface area (Å²) in [6.07, 6.45) is 4.92. The number of nitrogens with two attached hydrogens (primary N) is 1. The predicted molar refractivity (Wildman–Crippen MR) is 72.7 cm³/mol. The van der Waals surface area contributed by atoms with Gasteiger partial charge in [0.2, 0.25) is 11.8 Å². The zero-order valence-corrected chi connectivity index (χ0v) is 11.1. The van der Waals surface area contributed by atoms with Crippen molar-refractivity contribution in [2.75, 3.05) is 17.6 Å². The molecule has 1 aromatic rings. The summed E-state index contributed by atoms with van der Waals surface area (Å²) in [5.74, 6) is 2.38. The fraction of sp³-hybridized carbons (Fsp3) is 0.692. The predicted octanol–water partition coefficient (Wildman–Crippen LogP) is 2.45. The zero-order chi connectivity index (χ0) is 13.0. The molecule has 100 valence electrons. The van der Waals surface area contributed by atoms with E-state index in [1.807, 2.05) is 13.0 Å². The van der Waals surface area contributed by atoms with Gasteiger partial charge in [0.1, 0.15) is 11.9 Å². The number of anilines is 2. The molecule has 0 aliphatic heterocycles. The summed E-state index contributed by atoms with van der Waals surface area (Å²) in [5, 5.41) is 3.12. The van der Waals surface area contributed by atoms with Crippen molar-refractivity contribution in [1.82, 2.24) is 9.97 Å². The smallest absolute Gasteiger partial charge is 0.225 e. The Morgan fingerprint density at radius 3 is 2.72 bits per heavy atom. The second kappa shape index (κ2) is 5.89. The Labute approximate surface area is 108 Å². The third-order valence-electron chi connectivity index (χ3n) is 3.33. The van der Waals surface area contributed by atoms with Gasteiger partial charge in [-0.25, -0.2) is 0 Å². The molecule has 0 atom stereocenters. The van der Waals surface area contributed by atoms with Crippen molar-refractivity contribution in [1.29, 1.82) is 0 Å². The van der Waals surface area contributed by atoms with Gasteiger partial charge in [0.15, 0.2) is 0 Å². The fourth-order valence-corrected chi connectivity index (χ4v) is 2.29. The molecule has 0 bridgehead atoms. The molecular weight excluding hydrogens is 228 g/mol. The highest BCUT2D eigenvalue weighted by atomic mass is 16.5. The van der Waals surface area contributed by atoms with Crippen LogP contribution in [0.3, 0.4) is 0 Å². The Morgan fingerprint density at radius 2 is 2.06 bits per heavy atom. The van der Waals surface area contributed by atoms with E-state index in [1.165, 1.54) is 12.8 Å². The molecule has 0 radical (unpaired) electrons. The summed E-state index contributed by atoms with van der Waals surface area (Å²) in [7, 11) is 0. The molecule has 3 N–H and O–H groups in total. The van der Waals surface area contributed by atoms with Crippen LogP contribution in [0.25, 0.3) is 0 Å². The quantitative estimate of drug-likeness (QED) is 0.858. The molecule has 18 heavy (non-hydrogen) atoms. The summed E-state index contributed by atoms with van der Waals surface area (Å²) in [6, 6.07) is 1.82. The topological polar surface area (TPSA) is 73.1 Å². The van der Waals surface area contributed by atoms with Gasteiger partial charge in [0.25, 0.3) is 0 Å². The molecule has 5 nitrogen and oxygen atoms in total. The van der Waals surface area contributed by atoms with Crippen molar-refractivity contribution in [3.63, 3.8) is 0 Å². The molecule has 1 aliphatic carbocycles. The van der Waals surface area contributed by atoms with E-state index in [0.29, 0.717) is 5.88 Å². The zero-order valence-electron chi connectivity index (χ0n) is 11.1. The van der Waals surface area contributed by atoms with E-state index in [1.54, 1.807) is 0 Å². The highest BCUT2D eigenvalue weighted by molar-refractivity contribution is 5.42. The SMILES string of the molecule is CCNc1cc(OC2CCC(C)CC2)nc(N)n1. The summed E-state index contributed by atoms with van der Waals surface area (Å²) in [4.78, 5) is 8.24. The molecular formula is C13H22N4O. The van der Waals surface area contributed by atoms with Gasteiger partial charge in [-0.2, -0.15) is 9.97 Å². The fourth-order valence-electron chi connectivity index (χ4n) is 2.29. The van der Waals surface area contributed by atoms with Gasteiger partial charge in [-0.05, 0) is 38.5 Å². The lowest BCUT2D eigenvalue weighted by molar-refractivity contribution is 0.130. The van der Waals surface area contributed by atoms with Gasteiger partial charge in [-0.3, -0.25) is 0 Å². The van der Waals surface area contributed by atoms with E-state index in [2.05, 4.69) is 22.2 Å². The largest absolute Gasteiger partial charge is 0.474 e. The summed E-state index contributed by atoms with van der Waals surface area (Å²) < 4.78 is 5.90. The van der Waals surface area contributed by atoms with Crippen LogP contribution in [0.2, 0.25) is 0 Å². The van der Waals surface area contributed by atoms with Crippen LogP contribution in [0.1, 0.15) is 39.5 Å². The van der Waals surface area contributed by atoms with E-state index in [4.69, 9.17) is 10.5 Å². The van der Waals surface area contributed by atoms with Crippen molar-refractivity contribution >= 4 is 11.8 Å². The second-order valence-corrected chi connectivity index (χ2v) is 4.98. The summed E-state index contributed by atoms with van der Waals surface area (Å²) in [6.45, 7) is 5.11. The maximum atomic E-state index is 5.90. The van der Waals surface area contributed by atoms with Crippen LogP contribution in [0.5, 0.6) is 5.88 Å². The standard InChI is InChI=1S/C13H22N4O/c1-3-15-11-8-12(17-13(14)16-11)18-10-6-4-9(2)5-7-10/h8-10H,3-7H2,1-2H3,(H3,14,15,16,17). The van der Waals surface area contributed by atoms with Crippen molar-refractivity contribution < 1.29 is 4.74 Å². The molecule has 1 saturated carbocycles. The molecule has 0 amide bonds. The van der Waals surface area contributed by atoms with Gasteiger partial charge in [-0.1, -0.05) is 6.92 Å². The van der Waals surface area contributed by atoms with Gasteiger partial charge < -0.3 is 15.8 Å². The van der Waals surface area contributed by atoms with Crippen LogP contribution in [0.4, 0.5) is 11.8 Å². The first-order valence-electron chi connectivity index (χ1n) is 6.72. The Kier molecular flexibility index (Phi) is 4.23. The lowest BCUT2D eigenvalue weighted by atomic mass is 9.89. The minimum atomic E-state index is 0.257. The number of nitrogen functional groups attached to an aromatic ring is 1. The second-order valence-electron chi connectivity index (χ2n) is 4.98. The molecule has 1 aromatic heterocycles. The van der Waals surface area contributed by atoms with Crippen LogP contribution < -0.4 is 15.8 Å². The van der Waals surface area contributed by atoms with Crippen molar-refractivity contribution in [2.45, 2.75) is 45.6 Å². The minimum Gasteiger partial charge on any atom is -0.474 e. The van der Waals surface area contributed by atoms with Crippen molar-refractivity contribution in [3.8, 4) is 5.88 Å².